The highest BCUT2D eigenvalue weighted by atomic mass is 32.2. The monoisotopic (exact) mass is 688 g/mol. The lowest BCUT2D eigenvalue weighted by Gasteiger charge is -2.64. The van der Waals surface area contributed by atoms with Crippen molar-refractivity contribution in [1.82, 2.24) is 25.3 Å². The summed E-state index contributed by atoms with van der Waals surface area (Å²) in [5, 5.41) is 18.3. The Balaban J connectivity index is 1.24. The first-order valence-corrected chi connectivity index (χ1v) is 20.5. The molecule has 4 heterocycles. The van der Waals surface area contributed by atoms with E-state index in [-0.39, 0.29) is 28.7 Å². The maximum atomic E-state index is 13.0. The summed E-state index contributed by atoms with van der Waals surface area (Å²) in [5.41, 5.74) is 4.18. The molecule has 5 fully saturated rings. The molecule has 3 saturated heterocycles. The SMILES string of the molecule is C=CC(=O)N1CCN(C2(C3CCCCCCC3)NC(OCC3CCCN3C)NC3C[C@@]4(CCC32)Cc2cc(C)ccc2CS4)CC1CC#N. The molecule has 0 radical (unpaired) electrons. The Labute approximate surface area is 299 Å². The number of carbonyl (C=O) groups excluding carboxylic acids is 1. The maximum Gasteiger partial charge on any atom is 0.246 e. The number of piperazine rings is 1. The Morgan fingerprint density at radius 1 is 1.08 bits per heavy atom. The Bertz CT molecular complexity index is 1380. The van der Waals surface area contributed by atoms with Crippen molar-refractivity contribution in [2.24, 2.45) is 11.8 Å². The Morgan fingerprint density at radius 3 is 2.65 bits per heavy atom. The molecule has 6 unspecified atom stereocenters. The lowest BCUT2D eigenvalue weighted by atomic mass is 9.63. The van der Waals surface area contributed by atoms with Crippen molar-refractivity contribution in [2.75, 3.05) is 39.8 Å². The molecule has 49 heavy (non-hydrogen) atoms. The zero-order chi connectivity index (χ0) is 34.0. The summed E-state index contributed by atoms with van der Waals surface area (Å²) in [6.45, 7) is 10.0. The van der Waals surface area contributed by atoms with Gasteiger partial charge in [-0.25, -0.2) is 0 Å². The predicted octanol–water partition coefficient (Wildman–Crippen LogP) is 5.95. The minimum Gasteiger partial charge on any atom is -0.348 e. The first-order valence-electron chi connectivity index (χ1n) is 19.5. The fourth-order valence-electron chi connectivity index (χ4n) is 10.8. The molecule has 1 spiro atoms. The highest BCUT2D eigenvalue weighted by Crippen LogP contribution is 2.54. The van der Waals surface area contributed by atoms with Crippen LogP contribution in [0.15, 0.2) is 30.9 Å². The molecule has 1 aromatic carbocycles. The second kappa shape index (κ2) is 15.4. The van der Waals surface area contributed by atoms with Crippen molar-refractivity contribution in [3.8, 4) is 6.07 Å². The third-order valence-corrected chi connectivity index (χ3v) is 14.9. The van der Waals surface area contributed by atoms with E-state index in [0.717, 1.165) is 38.3 Å². The number of rotatable bonds is 7. The summed E-state index contributed by atoms with van der Waals surface area (Å²) in [4.78, 5) is 20.1. The Hall–Kier alpha value is -1.93. The van der Waals surface area contributed by atoms with Crippen LogP contribution in [-0.4, -0.2) is 95.3 Å². The van der Waals surface area contributed by atoms with Crippen LogP contribution in [0.5, 0.6) is 0 Å². The summed E-state index contributed by atoms with van der Waals surface area (Å²) in [7, 11) is 2.24. The van der Waals surface area contributed by atoms with Gasteiger partial charge in [-0.15, -0.1) is 11.8 Å². The van der Waals surface area contributed by atoms with E-state index in [0.29, 0.717) is 43.4 Å². The molecule has 6 aliphatic rings. The number of carbonyl (C=O) groups is 1. The molecule has 268 valence electrons. The number of nitriles is 1. The van der Waals surface area contributed by atoms with Gasteiger partial charge in [0.1, 0.15) is 0 Å². The van der Waals surface area contributed by atoms with Gasteiger partial charge in [-0.2, -0.15) is 5.26 Å². The summed E-state index contributed by atoms with van der Waals surface area (Å²) in [5.74, 6) is 1.95. The molecule has 2 aliphatic carbocycles. The van der Waals surface area contributed by atoms with Gasteiger partial charge in [-0.05, 0) is 95.0 Å². The fourth-order valence-corrected chi connectivity index (χ4v) is 12.3. The highest BCUT2D eigenvalue weighted by Gasteiger charge is 2.60. The number of thioether (sulfide) groups is 1. The van der Waals surface area contributed by atoms with Crippen molar-refractivity contribution in [2.45, 2.75) is 137 Å². The fraction of sp³-hybridized carbons (Fsp3) is 0.750. The van der Waals surface area contributed by atoms with Gasteiger partial charge in [0.2, 0.25) is 5.91 Å². The summed E-state index contributed by atoms with van der Waals surface area (Å²) in [6, 6.07) is 10.2. The van der Waals surface area contributed by atoms with Crippen molar-refractivity contribution >= 4 is 17.7 Å². The summed E-state index contributed by atoms with van der Waals surface area (Å²) in [6.07, 6.45) is 17.6. The molecule has 9 heteroatoms. The van der Waals surface area contributed by atoms with Gasteiger partial charge < -0.3 is 14.5 Å². The number of likely N-dealkylation sites (tertiary alicyclic amines) is 1. The van der Waals surface area contributed by atoms with Crippen molar-refractivity contribution in [1.29, 1.82) is 5.26 Å². The van der Waals surface area contributed by atoms with Crippen LogP contribution in [0.3, 0.4) is 0 Å². The molecule has 1 aromatic rings. The van der Waals surface area contributed by atoms with Crippen LogP contribution in [-0.2, 0) is 21.7 Å². The van der Waals surface area contributed by atoms with Crippen molar-refractivity contribution < 1.29 is 9.53 Å². The zero-order valence-corrected chi connectivity index (χ0v) is 31.0. The zero-order valence-electron chi connectivity index (χ0n) is 30.1. The van der Waals surface area contributed by atoms with Crippen LogP contribution in [0.25, 0.3) is 0 Å². The molecule has 7 atom stereocenters. The van der Waals surface area contributed by atoms with Crippen LogP contribution >= 0.6 is 11.8 Å². The average Bonchev–Trinajstić information content (AvgIpc) is 3.50. The van der Waals surface area contributed by atoms with Gasteiger partial charge in [0.25, 0.3) is 0 Å². The normalized spacial score (nSPS) is 36.3. The number of benzene rings is 1. The molecule has 2 saturated carbocycles. The van der Waals surface area contributed by atoms with Gasteiger partial charge in [0, 0.05) is 48.1 Å². The van der Waals surface area contributed by atoms with Crippen LogP contribution < -0.4 is 10.6 Å². The van der Waals surface area contributed by atoms with E-state index in [1.807, 2.05) is 4.90 Å². The van der Waals surface area contributed by atoms with E-state index in [2.05, 4.69) is 77.0 Å². The van der Waals surface area contributed by atoms with Crippen LogP contribution in [0.4, 0.5) is 0 Å². The number of likely N-dealkylation sites (N-methyl/N-ethyl adjacent to an activating group) is 1. The number of hydrogen-bond acceptors (Lipinski definition) is 8. The van der Waals surface area contributed by atoms with E-state index in [9.17, 15) is 10.1 Å². The third kappa shape index (κ3) is 7.25. The molecule has 8 nitrogen and oxygen atoms in total. The van der Waals surface area contributed by atoms with Crippen LogP contribution in [0.1, 0.15) is 100 Å². The largest absolute Gasteiger partial charge is 0.348 e. The summed E-state index contributed by atoms with van der Waals surface area (Å²) < 4.78 is 7.18. The number of nitrogens with one attached hydrogen (secondary N) is 2. The Kier molecular flexibility index (Phi) is 11.1. The standard InChI is InChI=1S/C40H60N6O2S/c1-4-37(47)46-22-21-45(26-33(46)17-19-41)40(32-11-8-6-5-7-9-12-32)35-16-18-39(24-31-23-29(2)14-15-30(31)28-49-39)25-36(35)42-38(43-40)48-27-34-13-10-20-44(34)3/h4,14-15,23,32-36,38,42-43H,1,5-13,16-18,20-22,24-28H2,2-3H3/t33?,34?,35?,36?,38?,39-,40?/m1/s1. The molecule has 4 aliphatic heterocycles. The van der Waals surface area contributed by atoms with Crippen molar-refractivity contribution in [3.63, 3.8) is 0 Å². The predicted molar refractivity (Wildman–Crippen MR) is 198 cm³/mol. The van der Waals surface area contributed by atoms with Gasteiger partial charge in [-0.1, -0.05) is 62.4 Å². The van der Waals surface area contributed by atoms with E-state index in [1.54, 1.807) is 5.56 Å². The third-order valence-electron chi connectivity index (χ3n) is 13.3. The smallest absolute Gasteiger partial charge is 0.246 e. The first kappa shape index (κ1) is 35.5. The number of aryl methyl sites for hydroxylation is 1. The number of amides is 1. The molecular formula is C40H60N6O2S. The average molecular weight is 689 g/mol. The molecular weight excluding hydrogens is 629 g/mol. The molecule has 7 rings (SSSR count). The Morgan fingerprint density at radius 2 is 1.90 bits per heavy atom. The van der Waals surface area contributed by atoms with E-state index in [4.69, 9.17) is 4.74 Å². The maximum absolute atomic E-state index is 13.0. The second-order valence-electron chi connectivity index (χ2n) is 16.2. The van der Waals surface area contributed by atoms with E-state index < -0.39 is 0 Å². The number of nitrogens with zero attached hydrogens (tertiary/aromatic N) is 4. The van der Waals surface area contributed by atoms with Crippen LogP contribution in [0.2, 0.25) is 0 Å². The second-order valence-corrected chi connectivity index (χ2v) is 17.7. The van der Waals surface area contributed by atoms with Gasteiger partial charge >= 0.3 is 0 Å². The molecule has 0 bridgehead atoms. The van der Waals surface area contributed by atoms with E-state index in [1.165, 1.54) is 87.8 Å². The number of hydrogen-bond donors (Lipinski definition) is 2. The number of ether oxygens (including phenoxy) is 1. The first-order chi connectivity index (χ1) is 23.8. The van der Waals surface area contributed by atoms with Gasteiger partial charge in [0.15, 0.2) is 6.35 Å². The highest BCUT2D eigenvalue weighted by molar-refractivity contribution is 8.00. The molecule has 0 aromatic heterocycles. The van der Waals surface area contributed by atoms with Gasteiger partial charge in [0.05, 0.1) is 30.8 Å². The molecule has 2 N–H and O–H groups in total. The minimum atomic E-state index is -0.258. The number of fused-ring (bicyclic) bond motifs is 2. The molecule has 1 amide bonds. The summed E-state index contributed by atoms with van der Waals surface area (Å²) >= 11 is 2.21. The minimum absolute atomic E-state index is 0.0533. The van der Waals surface area contributed by atoms with Crippen molar-refractivity contribution in [3.05, 3.63) is 47.5 Å². The quantitative estimate of drug-likeness (QED) is 0.341. The lowest BCUT2D eigenvalue weighted by Crippen LogP contribution is -2.81. The topological polar surface area (TPSA) is 83.9 Å². The van der Waals surface area contributed by atoms with Crippen LogP contribution in [0, 0.1) is 30.1 Å². The van der Waals surface area contributed by atoms with Gasteiger partial charge in [-0.3, -0.25) is 20.3 Å². The van der Waals surface area contributed by atoms with E-state index >= 15 is 0 Å². The lowest BCUT2D eigenvalue weighted by molar-refractivity contribution is -0.181.